The normalized spacial score (nSPS) is 20.0. The molecule has 15 nitrogen and oxygen atoms in total. The lowest BCUT2D eigenvalue weighted by Gasteiger charge is -2.35. The van der Waals surface area contributed by atoms with Gasteiger partial charge in [0.2, 0.25) is 18.1 Å². The maximum absolute atomic E-state index is 13.1. The number of esters is 3. The number of carbonyl (C=O) groups excluding carboxylic acids is 4. The van der Waals surface area contributed by atoms with Gasteiger partial charge in [0, 0.05) is 6.04 Å². The van der Waals surface area contributed by atoms with Gasteiger partial charge in [-0.1, -0.05) is 62.6 Å². The average molecular weight is 727 g/mol. The van der Waals surface area contributed by atoms with Crippen LogP contribution in [0.5, 0.6) is 0 Å². The minimum Gasteiger partial charge on any atom is -0.480 e. The van der Waals surface area contributed by atoms with E-state index in [1.165, 1.54) is 48.5 Å². The summed E-state index contributed by atoms with van der Waals surface area (Å²) >= 11 is 0. The third kappa shape index (κ3) is 11.1. The molecule has 0 radical (unpaired) electrons. The van der Waals surface area contributed by atoms with Crippen molar-refractivity contribution in [2.75, 3.05) is 6.61 Å². The molecule has 7 atom stereocenters. The van der Waals surface area contributed by atoms with Gasteiger partial charge in [-0.2, -0.15) is 0 Å². The summed E-state index contributed by atoms with van der Waals surface area (Å²) in [5.74, 6) is -6.88. The van der Waals surface area contributed by atoms with Gasteiger partial charge in [0.05, 0.1) is 23.8 Å². The van der Waals surface area contributed by atoms with Crippen molar-refractivity contribution < 1.29 is 63.1 Å². The molecule has 0 spiro atoms. The first-order valence-corrected chi connectivity index (χ1v) is 17.3. The Kier molecular flexibility index (Phi) is 15.7. The smallest absolute Gasteiger partial charge is 0.349 e. The number of hydrogen-bond donors (Lipinski definition) is 4. The maximum atomic E-state index is 13.1. The molecule has 1 saturated heterocycles. The van der Waals surface area contributed by atoms with Crippen LogP contribution >= 0.6 is 0 Å². The monoisotopic (exact) mass is 726 g/mol. The van der Waals surface area contributed by atoms with Crippen molar-refractivity contribution in [2.45, 2.75) is 102 Å². The summed E-state index contributed by atoms with van der Waals surface area (Å²) in [4.78, 5) is 85.3. The Labute approximate surface area is 301 Å². The van der Waals surface area contributed by atoms with E-state index in [9.17, 15) is 48.9 Å². The van der Waals surface area contributed by atoms with Crippen LogP contribution in [-0.2, 0) is 38.2 Å². The molecule has 1 aliphatic carbocycles. The third-order valence-electron chi connectivity index (χ3n) is 8.85. The minimum absolute atomic E-state index is 0.00817. The topological polar surface area (TPSA) is 223 Å². The van der Waals surface area contributed by atoms with E-state index in [-0.39, 0.29) is 35.0 Å². The van der Waals surface area contributed by atoms with Crippen molar-refractivity contribution in [3.8, 4) is 0 Å². The maximum Gasteiger partial charge on any atom is 0.349 e. The Bertz CT molecular complexity index is 1480. The zero-order chi connectivity index (χ0) is 38.4. The number of aliphatic carboxylic acids is 3. The summed E-state index contributed by atoms with van der Waals surface area (Å²) in [6, 6.07) is 12.9. The first-order chi connectivity index (χ1) is 24.8. The molecule has 282 valence electrons. The van der Waals surface area contributed by atoms with Gasteiger partial charge >= 0.3 is 35.8 Å². The molecule has 4 rings (SSSR count). The van der Waals surface area contributed by atoms with Crippen LogP contribution in [0.2, 0.25) is 0 Å². The van der Waals surface area contributed by atoms with E-state index in [0.717, 1.165) is 32.1 Å². The molecule has 1 amide bonds. The summed E-state index contributed by atoms with van der Waals surface area (Å²) in [6.07, 6.45) is 1.44. The fourth-order valence-electron chi connectivity index (χ4n) is 6.39. The highest BCUT2D eigenvalue weighted by Gasteiger charge is 2.48. The van der Waals surface area contributed by atoms with Crippen molar-refractivity contribution in [3.05, 3.63) is 71.8 Å². The predicted molar refractivity (Wildman–Crippen MR) is 183 cm³/mol. The SMILES string of the molecule is CCC[C@H](N[C@@H](C)C(=O)N1[C@H](C(=O)O)C[C@@H]2CCCC[C@@H]21)C(=O)OCC.O=C(OC(C(=O)O)C(OC(=O)c1ccccc1)C(=O)O)c1ccccc1. The van der Waals surface area contributed by atoms with E-state index in [1.807, 2.05) is 6.92 Å². The zero-order valence-electron chi connectivity index (χ0n) is 29.3. The largest absolute Gasteiger partial charge is 0.480 e. The summed E-state index contributed by atoms with van der Waals surface area (Å²) < 4.78 is 14.6. The lowest BCUT2D eigenvalue weighted by atomic mass is 9.84. The first kappa shape index (κ1) is 41.1. The zero-order valence-corrected chi connectivity index (χ0v) is 29.3. The van der Waals surface area contributed by atoms with Crippen LogP contribution in [0, 0.1) is 5.92 Å². The Hall–Kier alpha value is -5.31. The van der Waals surface area contributed by atoms with Gasteiger partial charge in [-0.05, 0) is 69.7 Å². The Morgan fingerprint density at radius 2 is 1.29 bits per heavy atom. The number of benzene rings is 2. The lowest BCUT2D eigenvalue weighted by Crippen LogP contribution is -2.55. The number of ether oxygens (including phenoxy) is 3. The first-order valence-electron chi connectivity index (χ1n) is 17.3. The number of hydrogen-bond acceptors (Lipinski definition) is 11. The Morgan fingerprint density at radius 3 is 1.73 bits per heavy atom. The van der Waals surface area contributed by atoms with Crippen LogP contribution in [0.3, 0.4) is 0 Å². The summed E-state index contributed by atoms with van der Waals surface area (Å²) in [6.45, 7) is 5.72. The second-order valence-corrected chi connectivity index (χ2v) is 12.5. The lowest BCUT2D eigenvalue weighted by molar-refractivity contribution is -0.166. The highest BCUT2D eigenvalue weighted by Crippen LogP contribution is 2.40. The molecule has 2 aromatic carbocycles. The minimum atomic E-state index is -2.21. The number of likely N-dealkylation sites (tertiary alicyclic amines) is 1. The van der Waals surface area contributed by atoms with Crippen LogP contribution in [0.15, 0.2) is 60.7 Å². The fraction of sp³-hybridized carbons (Fsp3) is 0.486. The van der Waals surface area contributed by atoms with Crippen molar-refractivity contribution in [2.24, 2.45) is 5.92 Å². The van der Waals surface area contributed by atoms with Gasteiger partial charge in [-0.15, -0.1) is 0 Å². The molecule has 0 aromatic heterocycles. The molecule has 1 heterocycles. The van der Waals surface area contributed by atoms with E-state index < -0.39 is 60.2 Å². The molecular weight excluding hydrogens is 680 g/mol. The van der Waals surface area contributed by atoms with Crippen LogP contribution in [-0.4, -0.2) is 105 Å². The van der Waals surface area contributed by atoms with Gasteiger partial charge < -0.3 is 34.4 Å². The number of fused-ring (bicyclic) bond motifs is 1. The molecule has 1 aliphatic heterocycles. The van der Waals surface area contributed by atoms with Gasteiger partial charge in [0.25, 0.3) is 0 Å². The second-order valence-electron chi connectivity index (χ2n) is 12.5. The number of carbonyl (C=O) groups is 7. The molecule has 2 unspecified atom stereocenters. The van der Waals surface area contributed by atoms with Crippen molar-refractivity contribution >= 4 is 41.7 Å². The number of rotatable bonds is 15. The molecule has 1 saturated carbocycles. The molecular formula is C37H46N2O13. The standard InChI is InChI=1S/C19H32N2O5.C18H14O8/c1-4-8-14(19(25)26-5-2)20-12(3)17(22)21-15-10-7-6-9-13(15)11-16(21)18(23)24;19-15(20)13(25-17(23)11-7-3-1-4-8-11)14(16(21)22)26-18(24)12-9-5-2-6-10-12/h12-16,20H,4-11H2,1-3H3,(H,23,24);1-10,13-14H,(H,19,20)(H,21,22)/t12-,13-,14-,15-,16-;/m0./s1. The van der Waals surface area contributed by atoms with Gasteiger partial charge in [-0.25, -0.2) is 24.0 Å². The molecule has 2 aliphatic rings. The molecule has 52 heavy (non-hydrogen) atoms. The summed E-state index contributed by atoms with van der Waals surface area (Å²) in [5, 5.41) is 31.2. The second kappa shape index (κ2) is 19.9. The molecule has 2 fully saturated rings. The van der Waals surface area contributed by atoms with Crippen molar-refractivity contribution in [1.82, 2.24) is 10.2 Å². The number of nitrogens with zero attached hydrogens (tertiary/aromatic N) is 1. The van der Waals surface area contributed by atoms with E-state index in [4.69, 9.17) is 14.2 Å². The van der Waals surface area contributed by atoms with Crippen LogP contribution in [0.1, 0.15) is 86.4 Å². The van der Waals surface area contributed by atoms with E-state index >= 15 is 0 Å². The van der Waals surface area contributed by atoms with E-state index in [2.05, 4.69) is 5.32 Å². The van der Waals surface area contributed by atoms with Crippen molar-refractivity contribution in [1.29, 1.82) is 0 Å². The van der Waals surface area contributed by atoms with Crippen LogP contribution in [0.4, 0.5) is 0 Å². The van der Waals surface area contributed by atoms with Crippen LogP contribution in [0.25, 0.3) is 0 Å². The van der Waals surface area contributed by atoms with Gasteiger partial charge in [0.15, 0.2) is 0 Å². The Morgan fingerprint density at radius 1 is 0.788 bits per heavy atom. The molecule has 2 aromatic rings. The number of nitrogens with one attached hydrogen (secondary N) is 1. The van der Waals surface area contributed by atoms with Gasteiger partial charge in [0.1, 0.15) is 12.1 Å². The van der Waals surface area contributed by atoms with Crippen LogP contribution < -0.4 is 5.32 Å². The summed E-state index contributed by atoms with van der Waals surface area (Å²) in [7, 11) is 0. The number of amides is 1. The van der Waals surface area contributed by atoms with Gasteiger partial charge in [-0.3, -0.25) is 14.9 Å². The quantitative estimate of drug-likeness (QED) is 0.152. The average Bonchev–Trinajstić information content (AvgIpc) is 3.53. The molecule has 15 heteroatoms. The fourth-order valence-corrected chi connectivity index (χ4v) is 6.39. The Balaban J connectivity index is 0.000000280. The highest BCUT2D eigenvalue weighted by atomic mass is 16.6. The summed E-state index contributed by atoms with van der Waals surface area (Å²) in [5.41, 5.74) is 0.0505. The number of carboxylic acids is 3. The molecule has 4 N–H and O–H groups in total. The van der Waals surface area contributed by atoms with Crippen molar-refractivity contribution in [3.63, 3.8) is 0 Å². The van der Waals surface area contributed by atoms with E-state index in [1.54, 1.807) is 30.9 Å². The predicted octanol–water partition coefficient (Wildman–Crippen LogP) is 3.55. The van der Waals surface area contributed by atoms with E-state index in [0.29, 0.717) is 19.4 Å². The molecule has 0 bridgehead atoms. The highest BCUT2D eigenvalue weighted by molar-refractivity contribution is 5.95. The third-order valence-corrected chi connectivity index (χ3v) is 8.85. The number of carboxylic acid groups (broad SMARTS) is 3.